The SMILES string of the molecule is O=S(=O)(O)ON(S(=O)(=O)O)S(=O)(=O)O. The molecule has 0 amide bonds. The fourth-order valence-corrected chi connectivity index (χ4v) is 2.46. The molecule has 11 nitrogen and oxygen atoms in total. The molecule has 0 saturated heterocycles. The Morgan fingerprint density at radius 1 is 0.786 bits per heavy atom. The first-order chi connectivity index (χ1) is 5.84. The van der Waals surface area contributed by atoms with Crippen LogP contribution in [-0.4, -0.2) is 42.8 Å². The second kappa shape index (κ2) is 3.66. The van der Waals surface area contributed by atoms with E-state index in [2.05, 4.69) is 4.28 Å². The maximum absolute atomic E-state index is 10.1. The molecule has 0 aliphatic heterocycles. The molecule has 86 valence electrons. The van der Waals surface area contributed by atoms with Crippen molar-refractivity contribution in [2.24, 2.45) is 0 Å². The Morgan fingerprint density at radius 2 is 1.07 bits per heavy atom. The molecule has 0 heterocycles. The van der Waals surface area contributed by atoms with Crippen LogP contribution in [0.2, 0.25) is 0 Å². The van der Waals surface area contributed by atoms with Crippen molar-refractivity contribution >= 4 is 31.0 Å². The van der Waals surface area contributed by atoms with Crippen LogP contribution in [0.5, 0.6) is 0 Å². The molecule has 0 unspecified atom stereocenters. The van der Waals surface area contributed by atoms with Crippen LogP contribution in [0.3, 0.4) is 0 Å². The first-order valence-electron chi connectivity index (χ1n) is 2.26. The average Bonchev–Trinajstić information content (AvgIpc) is 1.75. The Morgan fingerprint density at radius 3 is 1.14 bits per heavy atom. The van der Waals surface area contributed by atoms with E-state index in [9.17, 15) is 25.3 Å². The van der Waals surface area contributed by atoms with Crippen LogP contribution in [0.1, 0.15) is 0 Å². The van der Waals surface area contributed by atoms with Crippen LogP contribution < -0.4 is 0 Å². The van der Waals surface area contributed by atoms with Crippen LogP contribution in [0, 0.1) is 0 Å². The van der Waals surface area contributed by atoms with E-state index in [0.29, 0.717) is 0 Å². The summed E-state index contributed by atoms with van der Waals surface area (Å²) in [5, 5.41) is 0. The van der Waals surface area contributed by atoms with Gasteiger partial charge in [0, 0.05) is 0 Å². The lowest BCUT2D eigenvalue weighted by molar-refractivity contribution is 0.0913. The fourth-order valence-electron chi connectivity index (χ4n) is 0.273. The van der Waals surface area contributed by atoms with Gasteiger partial charge in [-0.2, -0.15) is 25.3 Å². The third-order valence-corrected chi connectivity index (χ3v) is 3.09. The minimum Gasteiger partial charge on any atom is -0.271 e. The summed E-state index contributed by atoms with van der Waals surface area (Å²) in [6, 6.07) is 0. The topological polar surface area (TPSA) is 176 Å². The molecule has 0 spiro atoms. The quantitative estimate of drug-likeness (QED) is 0.370. The minimum atomic E-state index is -5.72. The molecule has 14 heteroatoms. The highest BCUT2D eigenvalue weighted by Crippen LogP contribution is 2.07. The van der Waals surface area contributed by atoms with Crippen LogP contribution in [0.15, 0.2) is 0 Å². The van der Waals surface area contributed by atoms with Gasteiger partial charge in [0.15, 0.2) is 0 Å². The lowest BCUT2D eigenvalue weighted by Gasteiger charge is -2.10. The Balaban J connectivity index is 5.41. The number of rotatable bonds is 4. The molecule has 0 aromatic rings. The molecule has 0 rings (SSSR count). The van der Waals surface area contributed by atoms with Crippen LogP contribution in [0.4, 0.5) is 0 Å². The van der Waals surface area contributed by atoms with E-state index in [1.807, 2.05) is 0 Å². The maximum atomic E-state index is 10.1. The summed E-state index contributed by atoms with van der Waals surface area (Å²) < 4.78 is 85.2. The molecule has 14 heavy (non-hydrogen) atoms. The molecular weight excluding hydrogens is 270 g/mol. The third kappa shape index (κ3) is 4.77. The van der Waals surface area contributed by atoms with Gasteiger partial charge >= 0.3 is 31.0 Å². The largest absolute Gasteiger partial charge is 0.415 e. The summed E-state index contributed by atoms with van der Waals surface area (Å²) in [6.07, 6.45) is 0. The van der Waals surface area contributed by atoms with Crippen LogP contribution in [-0.2, 0) is 35.3 Å². The fraction of sp³-hybridized carbons (Fsp3) is 0. The van der Waals surface area contributed by atoms with Crippen molar-refractivity contribution in [2.45, 2.75) is 0 Å². The monoisotopic (exact) mass is 273 g/mol. The standard InChI is InChI=1S/H3NO10S3/c2-12(3,4)1(13(5,6)7)11-14(8,9)10/h(H,2,3,4)(H,5,6,7)(H,8,9,10). The number of hydrogen-bond donors (Lipinski definition) is 3. The van der Waals surface area contributed by atoms with Gasteiger partial charge in [-0.3, -0.25) is 13.7 Å². The predicted octanol–water partition coefficient (Wildman–Crippen LogP) is -2.37. The summed E-state index contributed by atoms with van der Waals surface area (Å²) in [7, 11) is -17.0. The van der Waals surface area contributed by atoms with E-state index in [0.717, 1.165) is 0 Å². The zero-order valence-corrected chi connectivity index (χ0v) is 8.32. The molecule has 0 saturated carbocycles. The lowest BCUT2D eigenvalue weighted by Crippen LogP contribution is -2.37. The van der Waals surface area contributed by atoms with E-state index < -0.39 is 34.9 Å². The second-order valence-corrected chi connectivity index (χ2v) is 5.31. The third-order valence-electron chi connectivity index (χ3n) is 0.532. The van der Waals surface area contributed by atoms with Crippen molar-refractivity contribution in [3.8, 4) is 0 Å². The maximum Gasteiger partial charge on any atom is 0.415 e. The van der Waals surface area contributed by atoms with Gasteiger partial charge in [-0.05, 0) is 0 Å². The summed E-state index contributed by atoms with van der Waals surface area (Å²) in [6.45, 7) is 0. The minimum absolute atomic E-state index is 1.70. The van der Waals surface area contributed by atoms with Gasteiger partial charge in [0.25, 0.3) is 0 Å². The molecule has 0 aromatic carbocycles. The zero-order chi connectivity index (χ0) is 11.8. The summed E-state index contributed by atoms with van der Waals surface area (Å²) in [5.41, 5.74) is 0. The van der Waals surface area contributed by atoms with Gasteiger partial charge in [-0.1, -0.05) is 0 Å². The van der Waals surface area contributed by atoms with E-state index in [4.69, 9.17) is 13.7 Å². The summed E-state index contributed by atoms with van der Waals surface area (Å²) in [4.78, 5) is 0. The molecular formula is H3NO10S3. The molecule has 0 bridgehead atoms. The van der Waals surface area contributed by atoms with Crippen molar-refractivity contribution in [3.05, 3.63) is 0 Å². The highest BCUT2D eigenvalue weighted by molar-refractivity contribution is 7.99. The van der Waals surface area contributed by atoms with E-state index in [1.54, 1.807) is 0 Å². The van der Waals surface area contributed by atoms with Crippen molar-refractivity contribution in [1.29, 1.82) is 0 Å². The Kier molecular flexibility index (Phi) is 3.57. The van der Waals surface area contributed by atoms with Gasteiger partial charge in [-0.25, -0.2) is 0 Å². The highest BCUT2D eigenvalue weighted by Gasteiger charge is 2.37. The van der Waals surface area contributed by atoms with Crippen molar-refractivity contribution in [3.63, 3.8) is 0 Å². The molecule has 0 aliphatic carbocycles. The Hall–Kier alpha value is -0.350. The van der Waals surface area contributed by atoms with Gasteiger partial charge in [0.05, 0.1) is 3.87 Å². The predicted molar refractivity (Wildman–Crippen MR) is 37.6 cm³/mol. The average molecular weight is 273 g/mol. The van der Waals surface area contributed by atoms with Gasteiger partial charge in [-0.15, -0.1) is 4.28 Å². The number of nitrogens with zero attached hydrogens (tertiary/aromatic N) is 1. The van der Waals surface area contributed by atoms with E-state index in [-0.39, 0.29) is 0 Å². The highest BCUT2D eigenvalue weighted by atomic mass is 32.3. The second-order valence-electron chi connectivity index (χ2n) is 1.62. The lowest BCUT2D eigenvalue weighted by atomic mass is 13.5. The first kappa shape index (κ1) is 13.7. The number of hydrogen-bond acceptors (Lipinski definition) is 7. The smallest absolute Gasteiger partial charge is 0.271 e. The zero-order valence-electron chi connectivity index (χ0n) is 5.87. The first-order valence-corrected chi connectivity index (χ1v) is 6.42. The molecule has 0 fully saturated rings. The van der Waals surface area contributed by atoms with Crippen LogP contribution >= 0.6 is 0 Å². The van der Waals surface area contributed by atoms with E-state index in [1.165, 1.54) is 0 Å². The Labute approximate surface area is 78.6 Å². The van der Waals surface area contributed by atoms with Gasteiger partial charge in [0.1, 0.15) is 0 Å². The molecule has 0 atom stereocenters. The van der Waals surface area contributed by atoms with Gasteiger partial charge in [0.2, 0.25) is 0 Å². The van der Waals surface area contributed by atoms with Crippen molar-refractivity contribution in [1.82, 2.24) is 3.87 Å². The van der Waals surface area contributed by atoms with Crippen molar-refractivity contribution < 1.29 is 43.2 Å². The molecule has 0 aromatic heterocycles. The Bertz CT molecular complexity index is 456. The van der Waals surface area contributed by atoms with Crippen molar-refractivity contribution in [2.75, 3.05) is 0 Å². The normalized spacial score (nSPS) is 14.6. The van der Waals surface area contributed by atoms with E-state index >= 15 is 0 Å². The molecule has 0 radical (unpaired) electrons. The van der Waals surface area contributed by atoms with Gasteiger partial charge < -0.3 is 0 Å². The molecule has 0 aliphatic rings. The summed E-state index contributed by atoms with van der Waals surface area (Å²) in [5.74, 6) is 0. The molecule has 3 N–H and O–H groups in total. The van der Waals surface area contributed by atoms with Crippen LogP contribution in [0.25, 0.3) is 0 Å². The summed E-state index contributed by atoms with van der Waals surface area (Å²) >= 11 is 0.